The van der Waals surface area contributed by atoms with Crippen molar-refractivity contribution in [2.75, 3.05) is 9.80 Å². The molecule has 0 saturated carbocycles. The summed E-state index contributed by atoms with van der Waals surface area (Å²) in [6.45, 7) is 13.9. The molecule has 0 radical (unpaired) electrons. The molecular weight excluding hydrogens is 1000 g/mol. The molecule has 1 aromatic heterocycles. The molecule has 398 valence electrons. The first kappa shape index (κ1) is 51.4. The molecule has 0 atom stereocenters. The summed E-state index contributed by atoms with van der Waals surface area (Å²) < 4.78 is 0. The maximum Gasteiger partial charge on any atom is 0.252 e. The quantitative estimate of drug-likeness (QED) is 0.134. The van der Waals surface area contributed by atoms with Gasteiger partial charge in [-0.1, -0.05) is 248 Å². The van der Waals surface area contributed by atoms with E-state index in [9.17, 15) is 0 Å². The Labute approximate surface area is 490 Å². The van der Waals surface area contributed by atoms with Crippen LogP contribution in [0.4, 0.5) is 34.1 Å². The summed E-state index contributed by atoms with van der Waals surface area (Å²) in [6.07, 6.45) is 0. The van der Waals surface area contributed by atoms with E-state index in [0.29, 0.717) is 0 Å². The van der Waals surface area contributed by atoms with E-state index in [1.165, 1.54) is 61.1 Å². The molecule has 2 aliphatic heterocycles. The van der Waals surface area contributed by atoms with Gasteiger partial charge in [-0.3, -0.25) is 0 Å². The van der Waals surface area contributed by atoms with E-state index in [0.717, 1.165) is 78.6 Å². The summed E-state index contributed by atoms with van der Waals surface area (Å²) in [5.74, 6) is 0. The highest BCUT2D eigenvalue weighted by Crippen LogP contribution is 2.50. The van der Waals surface area contributed by atoms with E-state index < -0.39 is 0 Å². The highest BCUT2D eigenvalue weighted by atomic mass is 15.2. The standard InChI is InChI=1S/C79H64BN3/c1-78(2,3)65-37-39-69-73(51-65)82(67-43-59(53-25-13-7-14-26-53)41-60(44-67)54-27-15-8-16-28-54)75-49-64(72-48-63(57-33-21-11-22-34-57)47-71(81-72)58-35-23-12-24-36-58)50-76-77(75)80(69)70-40-38-66(79(4,5)6)52-74(70)83(76)68-45-61(55-29-17-9-18-30-55)42-62(46-68)56-31-19-10-20-32-56/h7-52H,1-6H3. The Bertz CT molecular complexity index is 3980. The van der Waals surface area contributed by atoms with E-state index in [1.54, 1.807) is 0 Å². The third-order valence-corrected chi connectivity index (χ3v) is 16.9. The second-order valence-corrected chi connectivity index (χ2v) is 24.4. The molecule has 3 heterocycles. The summed E-state index contributed by atoms with van der Waals surface area (Å²) in [7, 11) is 0. The number of nitrogens with zero attached hydrogens (tertiary/aromatic N) is 3. The summed E-state index contributed by atoms with van der Waals surface area (Å²) in [4.78, 5) is 10.9. The summed E-state index contributed by atoms with van der Waals surface area (Å²) in [5.41, 5.74) is 28.3. The monoisotopic (exact) mass is 1070 g/mol. The van der Waals surface area contributed by atoms with Crippen molar-refractivity contribution in [3.05, 3.63) is 290 Å². The molecule has 0 spiro atoms. The molecule has 11 aromatic carbocycles. The van der Waals surface area contributed by atoms with Crippen molar-refractivity contribution < 1.29 is 0 Å². The molecule has 2 aliphatic rings. The third-order valence-electron chi connectivity index (χ3n) is 16.9. The van der Waals surface area contributed by atoms with Crippen LogP contribution in [-0.4, -0.2) is 11.7 Å². The molecule has 0 amide bonds. The largest absolute Gasteiger partial charge is 0.311 e. The molecule has 0 aliphatic carbocycles. The predicted molar refractivity (Wildman–Crippen MR) is 354 cm³/mol. The molecule has 3 nitrogen and oxygen atoms in total. The van der Waals surface area contributed by atoms with Crippen molar-refractivity contribution in [1.82, 2.24) is 4.98 Å². The van der Waals surface area contributed by atoms with Crippen LogP contribution in [0.3, 0.4) is 0 Å². The third kappa shape index (κ3) is 9.64. The molecule has 0 bridgehead atoms. The van der Waals surface area contributed by atoms with Crippen LogP contribution >= 0.6 is 0 Å². The van der Waals surface area contributed by atoms with Crippen molar-refractivity contribution >= 4 is 57.2 Å². The Kier molecular flexibility index (Phi) is 12.8. The van der Waals surface area contributed by atoms with Crippen LogP contribution in [0.5, 0.6) is 0 Å². The van der Waals surface area contributed by atoms with Gasteiger partial charge in [-0.05, 0) is 167 Å². The molecule has 14 rings (SSSR count). The molecule has 0 unspecified atom stereocenters. The maximum atomic E-state index is 5.72. The highest BCUT2D eigenvalue weighted by molar-refractivity contribution is 7.00. The first-order valence-corrected chi connectivity index (χ1v) is 29.1. The zero-order chi connectivity index (χ0) is 56.4. The second-order valence-electron chi connectivity index (χ2n) is 24.4. The van der Waals surface area contributed by atoms with E-state index >= 15 is 0 Å². The fourth-order valence-corrected chi connectivity index (χ4v) is 12.5. The van der Waals surface area contributed by atoms with Crippen LogP contribution in [0.2, 0.25) is 0 Å². The van der Waals surface area contributed by atoms with Crippen molar-refractivity contribution in [1.29, 1.82) is 0 Å². The molecule has 0 fully saturated rings. The van der Waals surface area contributed by atoms with Crippen LogP contribution in [0.1, 0.15) is 52.7 Å². The fraction of sp³-hybridized carbons (Fsp3) is 0.101. The van der Waals surface area contributed by atoms with Gasteiger partial charge in [-0.15, -0.1) is 0 Å². The first-order chi connectivity index (χ1) is 40.4. The van der Waals surface area contributed by atoms with E-state index in [-0.39, 0.29) is 17.5 Å². The number of fused-ring (bicyclic) bond motifs is 4. The number of benzene rings is 11. The normalized spacial score (nSPS) is 12.6. The Balaban J connectivity index is 1.14. The van der Waals surface area contributed by atoms with Crippen molar-refractivity contribution in [3.63, 3.8) is 0 Å². The van der Waals surface area contributed by atoms with Crippen molar-refractivity contribution in [2.45, 2.75) is 52.4 Å². The summed E-state index contributed by atoms with van der Waals surface area (Å²) in [6, 6.07) is 103. The van der Waals surface area contributed by atoms with Gasteiger partial charge in [0.05, 0.1) is 11.4 Å². The lowest BCUT2D eigenvalue weighted by atomic mass is 9.33. The van der Waals surface area contributed by atoms with Crippen molar-refractivity contribution in [2.24, 2.45) is 0 Å². The lowest BCUT2D eigenvalue weighted by Gasteiger charge is -2.45. The van der Waals surface area contributed by atoms with Gasteiger partial charge >= 0.3 is 0 Å². The fourth-order valence-electron chi connectivity index (χ4n) is 12.5. The lowest BCUT2D eigenvalue weighted by Crippen LogP contribution is -2.61. The minimum absolute atomic E-state index is 0.116. The Morgan fingerprint density at radius 2 is 0.566 bits per heavy atom. The number of hydrogen-bond donors (Lipinski definition) is 0. The average molecular weight is 1070 g/mol. The van der Waals surface area contributed by atoms with Gasteiger partial charge in [0.1, 0.15) is 0 Å². The number of hydrogen-bond acceptors (Lipinski definition) is 3. The first-order valence-electron chi connectivity index (χ1n) is 29.1. The maximum absolute atomic E-state index is 5.72. The van der Waals surface area contributed by atoms with Crippen LogP contribution in [0, 0.1) is 0 Å². The van der Waals surface area contributed by atoms with Gasteiger partial charge < -0.3 is 9.80 Å². The van der Waals surface area contributed by atoms with Gasteiger partial charge in [0.15, 0.2) is 0 Å². The van der Waals surface area contributed by atoms with Gasteiger partial charge in [-0.2, -0.15) is 0 Å². The second kappa shape index (κ2) is 20.6. The molecule has 4 heteroatoms. The average Bonchev–Trinajstić information content (AvgIpc) is 0.966. The minimum atomic E-state index is -0.131. The topological polar surface area (TPSA) is 19.4 Å². The van der Waals surface area contributed by atoms with Gasteiger partial charge in [0.25, 0.3) is 6.71 Å². The van der Waals surface area contributed by atoms with Crippen LogP contribution in [-0.2, 0) is 10.8 Å². The highest BCUT2D eigenvalue weighted by Gasteiger charge is 2.45. The zero-order valence-electron chi connectivity index (χ0n) is 48.0. The number of pyridine rings is 1. The number of aromatic nitrogens is 1. The van der Waals surface area contributed by atoms with E-state index in [4.69, 9.17) is 4.98 Å². The number of rotatable bonds is 9. The van der Waals surface area contributed by atoms with Crippen LogP contribution < -0.4 is 26.2 Å². The Morgan fingerprint density at radius 1 is 0.265 bits per heavy atom. The predicted octanol–water partition coefficient (Wildman–Crippen LogP) is 19.4. The minimum Gasteiger partial charge on any atom is -0.311 e. The van der Waals surface area contributed by atoms with Crippen LogP contribution in [0.25, 0.3) is 78.1 Å². The van der Waals surface area contributed by atoms with Crippen molar-refractivity contribution in [3.8, 4) is 78.1 Å². The summed E-state index contributed by atoms with van der Waals surface area (Å²) in [5, 5.41) is 0. The molecule has 12 aromatic rings. The smallest absolute Gasteiger partial charge is 0.252 e. The van der Waals surface area contributed by atoms with Gasteiger partial charge in [-0.25, -0.2) is 4.98 Å². The molecule has 83 heavy (non-hydrogen) atoms. The Morgan fingerprint density at radius 3 is 0.892 bits per heavy atom. The van der Waals surface area contributed by atoms with Gasteiger partial charge in [0, 0.05) is 45.3 Å². The summed E-state index contributed by atoms with van der Waals surface area (Å²) >= 11 is 0. The molecule has 0 saturated heterocycles. The zero-order valence-corrected chi connectivity index (χ0v) is 48.0. The van der Waals surface area contributed by atoms with Crippen LogP contribution in [0.15, 0.2) is 279 Å². The van der Waals surface area contributed by atoms with E-state index in [1.807, 2.05) is 0 Å². The molecular formula is C79H64BN3. The van der Waals surface area contributed by atoms with E-state index in [2.05, 4.69) is 330 Å². The SMILES string of the molecule is CC(C)(C)c1ccc2c(c1)N(c1cc(-c3ccccc3)cc(-c3ccccc3)c1)c1cc(-c3cc(-c4ccccc4)cc(-c4ccccc4)n3)cc3c1B2c1ccc(C(C)(C)C)cc1N3c1cc(-c2ccccc2)cc(-c2ccccc2)c1. The number of anilines is 6. The Hall–Kier alpha value is -9.77. The lowest BCUT2D eigenvalue weighted by molar-refractivity contribution is 0.590. The van der Waals surface area contributed by atoms with Gasteiger partial charge in [0.2, 0.25) is 0 Å². The molecule has 0 N–H and O–H groups in total.